The number of hydrogen-bond donors (Lipinski definition) is 1. The van der Waals surface area contributed by atoms with Gasteiger partial charge in [0.15, 0.2) is 0 Å². The van der Waals surface area contributed by atoms with Crippen molar-refractivity contribution in [1.29, 1.82) is 0 Å². The molecular formula is C26H35N3O3. The average molecular weight is 438 g/mol. The summed E-state index contributed by atoms with van der Waals surface area (Å²) in [6, 6.07) is 16.7. The number of hydrogen-bond acceptors (Lipinski definition) is 5. The van der Waals surface area contributed by atoms with Gasteiger partial charge in [0, 0.05) is 44.7 Å². The van der Waals surface area contributed by atoms with Crippen molar-refractivity contribution in [3.05, 3.63) is 59.7 Å². The Morgan fingerprint density at radius 1 is 0.906 bits per heavy atom. The molecule has 2 fully saturated rings. The lowest BCUT2D eigenvalue weighted by Crippen LogP contribution is -2.49. The van der Waals surface area contributed by atoms with Crippen molar-refractivity contribution in [2.24, 2.45) is 5.92 Å². The summed E-state index contributed by atoms with van der Waals surface area (Å²) in [5.41, 5.74) is 2.45. The predicted molar refractivity (Wildman–Crippen MR) is 126 cm³/mol. The van der Waals surface area contributed by atoms with Crippen LogP contribution >= 0.6 is 0 Å². The van der Waals surface area contributed by atoms with E-state index in [1.54, 1.807) is 14.2 Å². The largest absolute Gasteiger partial charge is 0.497 e. The Morgan fingerprint density at radius 3 is 2.09 bits per heavy atom. The molecule has 2 aromatic rings. The van der Waals surface area contributed by atoms with Gasteiger partial charge in [0.05, 0.1) is 14.2 Å². The Hall–Kier alpha value is -2.57. The van der Waals surface area contributed by atoms with Crippen molar-refractivity contribution in [2.45, 2.75) is 31.3 Å². The van der Waals surface area contributed by atoms with Crippen LogP contribution in [-0.4, -0.2) is 69.2 Å². The highest BCUT2D eigenvalue weighted by Crippen LogP contribution is 2.41. The van der Waals surface area contributed by atoms with Gasteiger partial charge in [0.2, 0.25) is 5.91 Å². The standard InChI is InChI=1S/C26H35N3O3/c1-28-12-14-29(15-13-28)26(30)25-17-21(27-18-19-4-8-22(31-2)9-5-19)16-24(25)20-6-10-23(32-3)11-7-20/h4-11,21,24-25,27H,12-18H2,1-3H3/t21-,24+,25-/m0/s1. The molecule has 0 unspecified atom stereocenters. The lowest BCUT2D eigenvalue weighted by Gasteiger charge is -2.35. The summed E-state index contributed by atoms with van der Waals surface area (Å²) in [6.07, 6.45) is 1.84. The topological polar surface area (TPSA) is 54.0 Å². The number of carbonyl (C=O) groups is 1. The third-order valence-corrected chi connectivity index (χ3v) is 6.99. The van der Waals surface area contributed by atoms with Crippen LogP contribution in [0, 0.1) is 5.92 Å². The van der Waals surface area contributed by atoms with Crippen LogP contribution in [0.1, 0.15) is 29.9 Å². The molecule has 1 aliphatic carbocycles. The number of nitrogens with zero attached hydrogens (tertiary/aromatic N) is 2. The molecule has 6 heteroatoms. The van der Waals surface area contributed by atoms with Crippen molar-refractivity contribution in [1.82, 2.24) is 15.1 Å². The fourth-order valence-corrected chi connectivity index (χ4v) is 4.96. The molecule has 2 aromatic carbocycles. The summed E-state index contributed by atoms with van der Waals surface area (Å²) in [5, 5.41) is 3.71. The summed E-state index contributed by atoms with van der Waals surface area (Å²) >= 11 is 0. The maximum atomic E-state index is 13.5. The predicted octanol–water partition coefficient (Wildman–Crippen LogP) is 3.13. The van der Waals surface area contributed by atoms with Crippen molar-refractivity contribution in [2.75, 3.05) is 47.4 Å². The van der Waals surface area contributed by atoms with E-state index in [9.17, 15) is 4.79 Å². The highest BCUT2D eigenvalue weighted by atomic mass is 16.5. The zero-order valence-corrected chi connectivity index (χ0v) is 19.4. The number of rotatable bonds is 7. The maximum Gasteiger partial charge on any atom is 0.226 e. The monoisotopic (exact) mass is 437 g/mol. The zero-order valence-electron chi connectivity index (χ0n) is 19.4. The number of ether oxygens (including phenoxy) is 2. The molecule has 4 rings (SSSR count). The number of carbonyl (C=O) groups excluding carboxylic acids is 1. The van der Waals surface area contributed by atoms with Crippen molar-refractivity contribution >= 4 is 5.91 Å². The van der Waals surface area contributed by atoms with E-state index in [0.717, 1.165) is 57.1 Å². The summed E-state index contributed by atoms with van der Waals surface area (Å²) in [6.45, 7) is 4.34. The molecule has 6 nitrogen and oxygen atoms in total. The molecule has 0 bridgehead atoms. The molecule has 1 saturated carbocycles. The molecule has 0 spiro atoms. The van der Waals surface area contributed by atoms with E-state index in [1.807, 2.05) is 24.3 Å². The van der Waals surface area contributed by atoms with Crippen LogP contribution in [-0.2, 0) is 11.3 Å². The van der Waals surface area contributed by atoms with Crippen LogP contribution < -0.4 is 14.8 Å². The second-order valence-corrected chi connectivity index (χ2v) is 9.01. The first-order valence-electron chi connectivity index (χ1n) is 11.5. The van der Waals surface area contributed by atoms with E-state index in [-0.39, 0.29) is 11.8 Å². The third-order valence-electron chi connectivity index (χ3n) is 6.99. The number of nitrogens with one attached hydrogen (secondary N) is 1. The van der Waals surface area contributed by atoms with Gasteiger partial charge in [-0.05, 0) is 61.2 Å². The van der Waals surface area contributed by atoms with E-state index >= 15 is 0 Å². The molecule has 1 N–H and O–H groups in total. The van der Waals surface area contributed by atoms with Crippen molar-refractivity contribution in [3.63, 3.8) is 0 Å². The molecule has 0 aromatic heterocycles. The van der Waals surface area contributed by atoms with E-state index in [2.05, 4.69) is 46.4 Å². The minimum absolute atomic E-state index is 0.0140. The summed E-state index contributed by atoms with van der Waals surface area (Å²) < 4.78 is 10.6. The Labute approximate surface area is 191 Å². The first kappa shape index (κ1) is 22.6. The Kier molecular flexibility index (Phi) is 7.33. The highest BCUT2D eigenvalue weighted by Gasteiger charge is 2.41. The normalized spacial score (nSPS) is 23.8. The molecule has 1 aliphatic heterocycles. The van der Waals surface area contributed by atoms with Gasteiger partial charge in [-0.15, -0.1) is 0 Å². The number of amides is 1. The molecule has 172 valence electrons. The van der Waals surface area contributed by atoms with Gasteiger partial charge in [-0.2, -0.15) is 0 Å². The van der Waals surface area contributed by atoms with Gasteiger partial charge in [0.25, 0.3) is 0 Å². The molecule has 1 amide bonds. The summed E-state index contributed by atoms with van der Waals surface area (Å²) in [7, 11) is 5.49. The molecule has 2 aliphatic rings. The van der Waals surface area contributed by atoms with Crippen LogP contribution in [0.15, 0.2) is 48.5 Å². The lowest BCUT2D eigenvalue weighted by atomic mass is 9.87. The number of piperazine rings is 1. The molecular weight excluding hydrogens is 402 g/mol. The highest BCUT2D eigenvalue weighted by molar-refractivity contribution is 5.80. The van der Waals surface area contributed by atoms with E-state index in [0.29, 0.717) is 11.9 Å². The van der Waals surface area contributed by atoms with Gasteiger partial charge in [-0.1, -0.05) is 24.3 Å². The van der Waals surface area contributed by atoms with Crippen LogP contribution in [0.4, 0.5) is 0 Å². The van der Waals surface area contributed by atoms with Gasteiger partial charge in [0.1, 0.15) is 11.5 Å². The number of methoxy groups -OCH3 is 2. The SMILES string of the molecule is COc1ccc(CN[C@@H]2C[C@H](C(=O)N3CCN(C)CC3)[C@@H](c3ccc(OC)cc3)C2)cc1. The quantitative estimate of drug-likeness (QED) is 0.721. The maximum absolute atomic E-state index is 13.5. The van der Waals surface area contributed by atoms with Crippen LogP contribution in [0.5, 0.6) is 11.5 Å². The smallest absolute Gasteiger partial charge is 0.226 e. The third kappa shape index (κ3) is 5.25. The minimum atomic E-state index is 0.0140. The molecule has 32 heavy (non-hydrogen) atoms. The second-order valence-electron chi connectivity index (χ2n) is 9.01. The number of benzene rings is 2. The Bertz CT molecular complexity index is 876. The fourth-order valence-electron chi connectivity index (χ4n) is 4.96. The van der Waals surface area contributed by atoms with Gasteiger partial charge >= 0.3 is 0 Å². The van der Waals surface area contributed by atoms with E-state index in [4.69, 9.17) is 9.47 Å². The first-order chi connectivity index (χ1) is 15.6. The van der Waals surface area contributed by atoms with Crippen LogP contribution in [0.3, 0.4) is 0 Å². The summed E-state index contributed by atoms with van der Waals surface area (Å²) in [4.78, 5) is 17.9. The molecule has 1 saturated heterocycles. The van der Waals surface area contributed by atoms with Crippen molar-refractivity contribution < 1.29 is 14.3 Å². The molecule has 1 heterocycles. The van der Waals surface area contributed by atoms with E-state index < -0.39 is 0 Å². The minimum Gasteiger partial charge on any atom is -0.497 e. The first-order valence-corrected chi connectivity index (χ1v) is 11.5. The Morgan fingerprint density at radius 2 is 1.50 bits per heavy atom. The van der Waals surface area contributed by atoms with Crippen LogP contribution in [0.2, 0.25) is 0 Å². The van der Waals surface area contributed by atoms with E-state index in [1.165, 1.54) is 11.1 Å². The molecule has 0 radical (unpaired) electrons. The average Bonchev–Trinajstić information content (AvgIpc) is 3.27. The second kappa shape index (κ2) is 10.4. The zero-order chi connectivity index (χ0) is 22.5. The van der Waals surface area contributed by atoms with Crippen molar-refractivity contribution in [3.8, 4) is 11.5 Å². The lowest BCUT2D eigenvalue weighted by molar-refractivity contribution is -0.137. The Balaban J connectivity index is 1.46. The van der Waals surface area contributed by atoms with Gasteiger partial charge in [-0.25, -0.2) is 0 Å². The summed E-state index contributed by atoms with van der Waals surface area (Å²) in [5.74, 6) is 2.27. The van der Waals surface area contributed by atoms with Gasteiger partial charge in [-0.3, -0.25) is 4.79 Å². The fraction of sp³-hybridized carbons (Fsp3) is 0.500. The van der Waals surface area contributed by atoms with Crippen LogP contribution in [0.25, 0.3) is 0 Å². The number of likely N-dealkylation sites (N-methyl/N-ethyl adjacent to an activating group) is 1. The van der Waals surface area contributed by atoms with Gasteiger partial charge < -0.3 is 24.6 Å². The molecule has 3 atom stereocenters.